The van der Waals surface area contributed by atoms with E-state index in [9.17, 15) is 4.79 Å². The molecular weight excluding hydrogens is 250 g/mol. The summed E-state index contributed by atoms with van der Waals surface area (Å²) in [4.78, 5) is 23.0. The van der Waals surface area contributed by atoms with E-state index in [0.717, 1.165) is 30.8 Å². The summed E-state index contributed by atoms with van der Waals surface area (Å²) in [7, 11) is 0. The van der Waals surface area contributed by atoms with Gasteiger partial charge in [-0.1, -0.05) is 11.8 Å². The van der Waals surface area contributed by atoms with Crippen molar-refractivity contribution >= 4 is 33.9 Å². The van der Waals surface area contributed by atoms with Gasteiger partial charge < -0.3 is 10.3 Å². The predicted molar refractivity (Wildman–Crippen MR) is 72.1 cm³/mol. The largest absolute Gasteiger partial charge is 0.382 e. The van der Waals surface area contributed by atoms with Crippen molar-refractivity contribution in [1.82, 2.24) is 19.5 Å². The van der Waals surface area contributed by atoms with E-state index in [0.29, 0.717) is 11.3 Å². The lowest BCUT2D eigenvalue weighted by Crippen LogP contribution is -2.00. The zero-order valence-corrected chi connectivity index (χ0v) is 11.0. The third-order valence-electron chi connectivity index (χ3n) is 2.53. The number of hydrogen-bond acceptors (Lipinski definition) is 6. The minimum absolute atomic E-state index is 0.170. The second-order valence-electron chi connectivity index (χ2n) is 3.92. The van der Waals surface area contributed by atoms with E-state index in [4.69, 9.17) is 5.73 Å². The number of nitrogens with zero attached hydrogens (tertiary/aromatic N) is 4. The lowest BCUT2D eigenvalue weighted by molar-refractivity contribution is -0.109. The van der Waals surface area contributed by atoms with Crippen molar-refractivity contribution < 1.29 is 4.79 Å². The van der Waals surface area contributed by atoms with Crippen LogP contribution in [0.4, 0.5) is 5.82 Å². The maximum Gasteiger partial charge on any atom is 0.185 e. The summed E-state index contributed by atoms with van der Waals surface area (Å²) in [6.07, 6.45) is 5.15. The fraction of sp³-hybridized carbons (Fsp3) is 0.455. The molecule has 0 unspecified atom stereocenters. The van der Waals surface area contributed by atoms with Gasteiger partial charge >= 0.3 is 0 Å². The van der Waals surface area contributed by atoms with E-state index in [2.05, 4.69) is 15.0 Å². The second-order valence-corrected chi connectivity index (χ2v) is 5.19. The smallest absolute Gasteiger partial charge is 0.185 e. The third kappa shape index (κ3) is 2.98. The van der Waals surface area contributed by atoms with Crippen molar-refractivity contribution in [3.05, 3.63) is 12.7 Å². The molecule has 0 aliphatic rings. The molecule has 0 amide bonds. The van der Waals surface area contributed by atoms with Crippen molar-refractivity contribution in [1.29, 1.82) is 0 Å². The molecule has 0 aromatic carbocycles. The SMILES string of the molecule is CC(=O)SCCCCn1cnc2c(N)ncnc21. The highest BCUT2D eigenvalue weighted by Crippen LogP contribution is 2.15. The predicted octanol–water partition coefficient (Wildman–Crippen LogP) is 1.47. The van der Waals surface area contributed by atoms with Gasteiger partial charge in [0.15, 0.2) is 16.6 Å². The summed E-state index contributed by atoms with van der Waals surface area (Å²) in [5, 5.41) is 0.170. The van der Waals surface area contributed by atoms with E-state index in [-0.39, 0.29) is 5.12 Å². The summed E-state index contributed by atoms with van der Waals surface area (Å²) in [6.45, 7) is 2.42. The van der Waals surface area contributed by atoms with Crippen molar-refractivity contribution in [2.45, 2.75) is 26.3 Å². The minimum Gasteiger partial charge on any atom is -0.382 e. The molecule has 0 fully saturated rings. The van der Waals surface area contributed by atoms with Crippen LogP contribution in [0.2, 0.25) is 0 Å². The monoisotopic (exact) mass is 265 g/mol. The van der Waals surface area contributed by atoms with Crippen LogP contribution in [-0.2, 0) is 11.3 Å². The Morgan fingerprint density at radius 1 is 1.39 bits per heavy atom. The van der Waals surface area contributed by atoms with Crippen LogP contribution in [0.15, 0.2) is 12.7 Å². The molecule has 18 heavy (non-hydrogen) atoms. The summed E-state index contributed by atoms with van der Waals surface area (Å²) in [5.41, 5.74) is 7.13. The van der Waals surface area contributed by atoms with E-state index < -0.39 is 0 Å². The van der Waals surface area contributed by atoms with Crippen LogP contribution >= 0.6 is 11.8 Å². The molecule has 2 heterocycles. The van der Waals surface area contributed by atoms with Crippen molar-refractivity contribution in [3.63, 3.8) is 0 Å². The maximum atomic E-state index is 10.8. The Kier molecular flexibility index (Phi) is 4.14. The molecule has 0 radical (unpaired) electrons. The van der Waals surface area contributed by atoms with Gasteiger partial charge in [0.1, 0.15) is 11.8 Å². The first-order chi connectivity index (χ1) is 8.68. The number of aromatic nitrogens is 4. The number of unbranched alkanes of at least 4 members (excludes halogenated alkanes) is 1. The Balaban J connectivity index is 1.92. The number of carbonyl (C=O) groups excluding carboxylic acids is 1. The Labute approximate surface area is 109 Å². The Bertz CT molecular complexity index is 553. The van der Waals surface area contributed by atoms with E-state index in [1.165, 1.54) is 18.1 Å². The van der Waals surface area contributed by atoms with Crippen LogP contribution in [0, 0.1) is 0 Å². The van der Waals surface area contributed by atoms with Gasteiger partial charge in [0.05, 0.1) is 6.33 Å². The number of hydrogen-bond donors (Lipinski definition) is 1. The van der Waals surface area contributed by atoms with Gasteiger partial charge in [0, 0.05) is 19.2 Å². The molecule has 0 bridgehead atoms. The molecule has 7 heteroatoms. The molecule has 0 spiro atoms. The normalized spacial score (nSPS) is 10.9. The van der Waals surface area contributed by atoms with Gasteiger partial charge in [-0.25, -0.2) is 15.0 Å². The molecule has 0 atom stereocenters. The van der Waals surface area contributed by atoms with Crippen LogP contribution in [-0.4, -0.2) is 30.4 Å². The van der Waals surface area contributed by atoms with E-state index >= 15 is 0 Å². The average Bonchev–Trinajstić information content (AvgIpc) is 2.73. The van der Waals surface area contributed by atoms with Gasteiger partial charge in [-0.05, 0) is 12.8 Å². The fourth-order valence-electron chi connectivity index (χ4n) is 1.66. The van der Waals surface area contributed by atoms with Gasteiger partial charge in [-0.3, -0.25) is 4.79 Å². The van der Waals surface area contributed by atoms with Gasteiger partial charge in [-0.15, -0.1) is 0 Å². The van der Waals surface area contributed by atoms with Crippen LogP contribution in [0.3, 0.4) is 0 Å². The van der Waals surface area contributed by atoms with Gasteiger partial charge in [-0.2, -0.15) is 0 Å². The van der Waals surface area contributed by atoms with Crippen molar-refractivity contribution in [2.75, 3.05) is 11.5 Å². The van der Waals surface area contributed by atoms with Crippen molar-refractivity contribution in [2.24, 2.45) is 0 Å². The molecule has 0 aliphatic heterocycles. The number of nitrogens with two attached hydrogens (primary N) is 1. The fourth-order valence-corrected chi connectivity index (χ4v) is 2.30. The van der Waals surface area contributed by atoms with Crippen LogP contribution in [0.5, 0.6) is 0 Å². The lowest BCUT2D eigenvalue weighted by atomic mass is 10.3. The van der Waals surface area contributed by atoms with E-state index in [1.807, 2.05) is 4.57 Å². The number of thioether (sulfide) groups is 1. The summed E-state index contributed by atoms with van der Waals surface area (Å²) in [6, 6.07) is 0. The van der Waals surface area contributed by atoms with E-state index in [1.54, 1.807) is 13.3 Å². The van der Waals surface area contributed by atoms with Crippen LogP contribution < -0.4 is 5.73 Å². The zero-order valence-electron chi connectivity index (χ0n) is 10.2. The summed E-state index contributed by atoms with van der Waals surface area (Å²) >= 11 is 1.37. The highest BCUT2D eigenvalue weighted by molar-refractivity contribution is 8.13. The zero-order chi connectivity index (χ0) is 13.0. The molecule has 2 N–H and O–H groups in total. The molecule has 2 aromatic rings. The number of aryl methyl sites for hydroxylation is 1. The number of nitrogen functional groups attached to an aromatic ring is 1. The highest BCUT2D eigenvalue weighted by atomic mass is 32.2. The topological polar surface area (TPSA) is 86.7 Å². The first kappa shape index (κ1) is 12.8. The molecule has 2 rings (SSSR count). The molecule has 96 valence electrons. The van der Waals surface area contributed by atoms with Crippen molar-refractivity contribution in [3.8, 4) is 0 Å². The number of imidazole rings is 1. The van der Waals surface area contributed by atoms with Crippen LogP contribution in [0.1, 0.15) is 19.8 Å². The molecule has 0 saturated carbocycles. The molecule has 0 saturated heterocycles. The minimum atomic E-state index is 0.170. The van der Waals surface area contributed by atoms with Crippen LogP contribution in [0.25, 0.3) is 11.2 Å². The van der Waals surface area contributed by atoms with Gasteiger partial charge in [0.2, 0.25) is 0 Å². The summed E-state index contributed by atoms with van der Waals surface area (Å²) in [5.74, 6) is 1.27. The molecular formula is C11H15N5OS. The second kappa shape index (κ2) is 5.81. The number of carbonyl (C=O) groups is 1. The third-order valence-corrected chi connectivity index (χ3v) is 3.43. The first-order valence-electron chi connectivity index (χ1n) is 5.73. The molecule has 6 nitrogen and oxygen atoms in total. The maximum absolute atomic E-state index is 10.8. The summed E-state index contributed by atoms with van der Waals surface area (Å²) < 4.78 is 1.96. The lowest BCUT2D eigenvalue weighted by Gasteiger charge is -2.03. The quantitative estimate of drug-likeness (QED) is 0.824. The first-order valence-corrected chi connectivity index (χ1v) is 6.71. The van der Waals surface area contributed by atoms with Gasteiger partial charge in [0.25, 0.3) is 0 Å². The number of rotatable bonds is 5. The number of anilines is 1. The average molecular weight is 265 g/mol. The highest BCUT2D eigenvalue weighted by Gasteiger charge is 2.06. The molecule has 0 aliphatic carbocycles. The molecule has 2 aromatic heterocycles. The standard InChI is InChI=1S/C11H15N5OS/c1-8(17)18-5-3-2-4-16-7-15-9-10(12)13-6-14-11(9)16/h6-7H,2-5H2,1H3,(H2,12,13,14). The Hall–Kier alpha value is -1.63. The Morgan fingerprint density at radius 2 is 2.22 bits per heavy atom. The Morgan fingerprint density at radius 3 is 3.00 bits per heavy atom. The number of fused-ring (bicyclic) bond motifs is 1.